The van der Waals surface area contributed by atoms with E-state index in [-0.39, 0.29) is 5.69 Å². The van der Waals surface area contributed by atoms with Gasteiger partial charge in [-0.2, -0.15) is 13.2 Å². The van der Waals surface area contributed by atoms with Crippen molar-refractivity contribution in [3.63, 3.8) is 0 Å². The Labute approximate surface area is 98.7 Å². The molecule has 0 heterocycles. The molecule has 0 bridgehead atoms. The first-order valence-electron chi connectivity index (χ1n) is 4.60. The van der Waals surface area contributed by atoms with E-state index in [1.54, 1.807) is 0 Å². The van der Waals surface area contributed by atoms with Crippen LogP contribution >= 0.6 is 0 Å². The summed E-state index contributed by atoms with van der Waals surface area (Å²) in [6.07, 6.45) is -4.59. The maximum atomic E-state index is 11.9. The lowest BCUT2D eigenvalue weighted by Gasteiger charge is -2.09. The molecule has 0 aliphatic carbocycles. The molecule has 6 nitrogen and oxygen atoms in total. The molecule has 9 heteroatoms. The lowest BCUT2D eigenvalue weighted by Crippen LogP contribution is -2.34. The number of alkyl halides is 3. The second-order valence-corrected chi connectivity index (χ2v) is 3.30. The van der Waals surface area contributed by atoms with Crippen molar-refractivity contribution in [3.8, 4) is 0 Å². The van der Waals surface area contributed by atoms with E-state index in [2.05, 4.69) is 0 Å². The summed E-state index contributed by atoms with van der Waals surface area (Å²) >= 11 is 0. The van der Waals surface area contributed by atoms with Gasteiger partial charge in [0, 0.05) is 0 Å². The molecule has 0 saturated heterocycles. The zero-order valence-corrected chi connectivity index (χ0v) is 8.82. The average molecular weight is 263 g/mol. The molecule has 0 spiro atoms. The molecule has 3 N–H and O–H groups in total. The Morgan fingerprint density at radius 3 is 2.56 bits per heavy atom. The van der Waals surface area contributed by atoms with Crippen LogP contribution in [0.5, 0.6) is 0 Å². The Balaban J connectivity index is 3.00. The van der Waals surface area contributed by atoms with Crippen LogP contribution in [0.2, 0.25) is 0 Å². The Morgan fingerprint density at radius 2 is 2.06 bits per heavy atom. The maximum absolute atomic E-state index is 11.9. The number of nitrogen functional groups attached to an aromatic ring is 1. The van der Waals surface area contributed by atoms with E-state index in [0.29, 0.717) is 0 Å². The molecule has 0 atom stereocenters. The number of carbonyl (C=O) groups is 1. The van der Waals surface area contributed by atoms with Crippen LogP contribution in [0.3, 0.4) is 0 Å². The third-order valence-corrected chi connectivity index (χ3v) is 1.94. The fraction of sp³-hybridized carbons (Fsp3) is 0.222. The molecule has 0 fully saturated rings. The normalized spacial score (nSPS) is 11.1. The smallest absolute Gasteiger partial charge is 0.393 e. The number of anilines is 1. The summed E-state index contributed by atoms with van der Waals surface area (Å²) < 4.78 is 35.7. The Kier molecular flexibility index (Phi) is 3.74. The molecule has 0 unspecified atom stereocenters. The van der Waals surface area contributed by atoms with Crippen molar-refractivity contribution < 1.29 is 22.9 Å². The van der Waals surface area contributed by atoms with Gasteiger partial charge in [0.1, 0.15) is 17.8 Å². The van der Waals surface area contributed by atoms with Crippen molar-refractivity contribution >= 4 is 17.3 Å². The van der Waals surface area contributed by atoms with Crippen molar-refractivity contribution in [2.75, 3.05) is 12.3 Å². The summed E-state index contributed by atoms with van der Waals surface area (Å²) in [6.45, 7) is -1.57. The van der Waals surface area contributed by atoms with Crippen LogP contribution < -0.4 is 11.1 Å². The molecular formula is C9H8F3N3O3. The molecule has 1 aromatic carbocycles. The Morgan fingerprint density at radius 1 is 1.44 bits per heavy atom. The first-order chi connectivity index (χ1) is 8.22. The minimum atomic E-state index is -4.59. The van der Waals surface area contributed by atoms with Crippen molar-refractivity contribution in [1.29, 1.82) is 0 Å². The highest BCUT2D eigenvalue weighted by Crippen LogP contribution is 2.25. The van der Waals surface area contributed by atoms with Gasteiger partial charge < -0.3 is 11.1 Å². The number of nitro groups is 1. The number of nitrogens with two attached hydrogens (primary N) is 1. The molecule has 1 rings (SSSR count). The molecule has 0 saturated carbocycles. The zero-order chi connectivity index (χ0) is 13.9. The summed E-state index contributed by atoms with van der Waals surface area (Å²) in [4.78, 5) is 21.2. The molecule has 18 heavy (non-hydrogen) atoms. The minimum absolute atomic E-state index is 0.292. The highest BCUT2D eigenvalue weighted by atomic mass is 19.4. The minimum Gasteiger partial charge on any atom is -0.393 e. The second-order valence-electron chi connectivity index (χ2n) is 3.30. The number of carbonyl (C=O) groups excluding carboxylic acids is 1. The first-order valence-corrected chi connectivity index (χ1v) is 4.60. The van der Waals surface area contributed by atoms with Gasteiger partial charge in [-0.15, -0.1) is 0 Å². The van der Waals surface area contributed by atoms with Crippen LogP contribution in [0, 0.1) is 10.1 Å². The van der Waals surface area contributed by atoms with Crippen molar-refractivity contribution in [2.45, 2.75) is 6.18 Å². The molecule has 1 amide bonds. The van der Waals surface area contributed by atoms with Gasteiger partial charge in [0.05, 0.1) is 4.92 Å². The molecule has 0 radical (unpaired) electrons. The van der Waals surface area contributed by atoms with E-state index < -0.39 is 34.8 Å². The van der Waals surface area contributed by atoms with E-state index in [9.17, 15) is 28.1 Å². The van der Waals surface area contributed by atoms with E-state index in [4.69, 9.17) is 5.73 Å². The second kappa shape index (κ2) is 4.90. The molecule has 98 valence electrons. The van der Waals surface area contributed by atoms with Gasteiger partial charge in [0.15, 0.2) is 0 Å². The highest BCUT2D eigenvalue weighted by Gasteiger charge is 2.30. The number of hydrogen-bond donors (Lipinski definition) is 2. The summed E-state index contributed by atoms with van der Waals surface area (Å²) in [5.74, 6) is -1.20. The quantitative estimate of drug-likeness (QED) is 0.490. The summed E-state index contributed by atoms with van der Waals surface area (Å²) in [5, 5.41) is 12.2. The fourth-order valence-electron chi connectivity index (χ4n) is 1.22. The van der Waals surface area contributed by atoms with Crippen LogP contribution in [0.1, 0.15) is 10.4 Å². The SMILES string of the molecule is Nc1cccc(C(=O)NCC(F)(F)F)c1[N+](=O)[O-]. The van der Waals surface area contributed by atoms with Crippen molar-refractivity contribution in [1.82, 2.24) is 5.32 Å². The molecule has 1 aromatic rings. The molecule has 0 aliphatic rings. The lowest BCUT2D eigenvalue weighted by molar-refractivity contribution is -0.384. The van der Waals surface area contributed by atoms with Gasteiger partial charge in [-0.05, 0) is 12.1 Å². The number of nitrogens with one attached hydrogen (secondary N) is 1. The van der Waals surface area contributed by atoms with Gasteiger partial charge in [-0.25, -0.2) is 0 Å². The average Bonchev–Trinajstić information content (AvgIpc) is 2.24. The van der Waals surface area contributed by atoms with Crippen LogP contribution in [-0.2, 0) is 0 Å². The number of benzene rings is 1. The highest BCUT2D eigenvalue weighted by molar-refractivity contribution is 6.00. The largest absolute Gasteiger partial charge is 0.405 e. The van der Waals surface area contributed by atoms with E-state index in [1.165, 1.54) is 17.4 Å². The maximum Gasteiger partial charge on any atom is 0.405 e. The van der Waals surface area contributed by atoms with E-state index >= 15 is 0 Å². The number of halogens is 3. The monoisotopic (exact) mass is 263 g/mol. The third kappa shape index (κ3) is 3.34. The Bertz CT molecular complexity index is 488. The number of hydrogen-bond acceptors (Lipinski definition) is 4. The van der Waals surface area contributed by atoms with Gasteiger partial charge in [0.2, 0.25) is 0 Å². The summed E-state index contributed by atoms with van der Waals surface area (Å²) in [7, 11) is 0. The van der Waals surface area contributed by atoms with E-state index in [0.717, 1.165) is 6.07 Å². The van der Waals surface area contributed by atoms with Crippen LogP contribution in [-0.4, -0.2) is 23.6 Å². The molecule has 0 aliphatic heterocycles. The first kappa shape index (κ1) is 13.7. The van der Waals surface area contributed by atoms with Gasteiger partial charge >= 0.3 is 11.9 Å². The summed E-state index contributed by atoms with van der Waals surface area (Å²) in [5.41, 5.74) is 3.79. The number of nitrogens with zero attached hydrogens (tertiary/aromatic N) is 1. The van der Waals surface area contributed by atoms with Crippen molar-refractivity contribution in [2.24, 2.45) is 0 Å². The predicted molar refractivity (Wildman–Crippen MR) is 55.9 cm³/mol. The lowest BCUT2D eigenvalue weighted by atomic mass is 10.1. The molecular weight excluding hydrogens is 255 g/mol. The number of rotatable bonds is 3. The van der Waals surface area contributed by atoms with E-state index in [1.807, 2.05) is 0 Å². The van der Waals surface area contributed by atoms with Gasteiger partial charge in [-0.1, -0.05) is 6.07 Å². The number of para-hydroxylation sites is 1. The van der Waals surface area contributed by atoms with Crippen LogP contribution in [0.15, 0.2) is 18.2 Å². The zero-order valence-electron chi connectivity index (χ0n) is 8.82. The third-order valence-electron chi connectivity index (χ3n) is 1.94. The predicted octanol–water partition coefficient (Wildman–Crippen LogP) is 1.47. The summed E-state index contributed by atoms with van der Waals surface area (Å²) in [6, 6.07) is 3.45. The van der Waals surface area contributed by atoms with Gasteiger partial charge in [-0.3, -0.25) is 14.9 Å². The van der Waals surface area contributed by atoms with Crippen molar-refractivity contribution in [3.05, 3.63) is 33.9 Å². The number of nitro benzene ring substituents is 1. The molecule has 0 aromatic heterocycles. The fourth-order valence-corrected chi connectivity index (χ4v) is 1.22. The van der Waals surface area contributed by atoms with Crippen LogP contribution in [0.25, 0.3) is 0 Å². The number of amides is 1. The van der Waals surface area contributed by atoms with Crippen LogP contribution in [0.4, 0.5) is 24.5 Å². The van der Waals surface area contributed by atoms with Gasteiger partial charge in [0.25, 0.3) is 5.91 Å². The topological polar surface area (TPSA) is 98.3 Å². The standard InChI is InChI=1S/C9H8F3N3O3/c10-9(11,12)4-14-8(16)5-2-1-3-6(13)7(5)15(17)18/h1-3H,4,13H2,(H,14,16). The Hall–Kier alpha value is -2.32.